The average Bonchev–Trinajstić information content (AvgIpc) is 3.41. The Morgan fingerprint density at radius 3 is 2.89 bits per heavy atom. The van der Waals surface area contributed by atoms with Gasteiger partial charge in [-0.05, 0) is 48.4 Å². The third-order valence-corrected chi connectivity index (χ3v) is 6.92. The van der Waals surface area contributed by atoms with E-state index in [1.807, 2.05) is 4.57 Å². The van der Waals surface area contributed by atoms with Crippen LogP contribution in [0.1, 0.15) is 36.1 Å². The van der Waals surface area contributed by atoms with Gasteiger partial charge in [-0.3, -0.25) is 4.57 Å². The van der Waals surface area contributed by atoms with Crippen LogP contribution in [0.5, 0.6) is 0 Å². The first-order valence-electron chi connectivity index (χ1n) is 10.1. The van der Waals surface area contributed by atoms with Gasteiger partial charge in [-0.1, -0.05) is 42.5 Å². The molecule has 0 N–H and O–H groups in total. The molecule has 1 atom stereocenters. The quantitative estimate of drug-likeness (QED) is 0.478. The van der Waals surface area contributed by atoms with E-state index in [-0.39, 0.29) is 11.8 Å². The molecule has 1 aliphatic heterocycles. The molecule has 5 rings (SSSR count). The summed E-state index contributed by atoms with van der Waals surface area (Å²) in [5, 5.41) is 3.46. The second-order valence-electron chi connectivity index (χ2n) is 7.65. The molecule has 5 heteroatoms. The van der Waals surface area contributed by atoms with Crippen molar-refractivity contribution in [1.29, 1.82) is 0 Å². The molecular weight excluding hydrogens is 368 g/mol. The molecule has 4 nitrogen and oxygen atoms in total. The van der Waals surface area contributed by atoms with E-state index < -0.39 is 0 Å². The van der Waals surface area contributed by atoms with E-state index in [9.17, 15) is 4.79 Å². The number of nitrogens with zero attached hydrogens (tertiary/aromatic N) is 2. The van der Waals surface area contributed by atoms with E-state index in [0.717, 1.165) is 49.5 Å². The van der Waals surface area contributed by atoms with Crippen LogP contribution in [0.2, 0.25) is 0 Å². The number of hydrogen-bond acceptors (Lipinski definition) is 4. The first kappa shape index (κ1) is 18.0. The molecule has 1 fully saturated rings. The Hall–Kier alpha value is -2.11. The number of ether oxygens (including phenoxy) is 1. The fraction of sp³-hybridized carbons (Fsp3) is 0.391. The molecular formula is C23H24N2O2S. The Kier molecular flexibility index (Phi) is 4.95. The first-order valence-corrected chi connectivity index (χ1v) is 11.1. The van der Waals surface area contributed by atoms with Gasteiger partial charge in [0.1, 0.15) is 5.03 Å². The maximum Gasteiger partial charge on any atom is 0.348 e. The molecule has 1 unspecified atom stereocenters. The summed E-state index contributed by atoms with van der Waals surface area (Å²) >= 11 is 1.70. The van der Waals surface area contributed by atoms with Crippen molar-refractivity contribution >= 4 is 22.5 Å². The van der Waals surface area contributed by atoms with Crippen molar-refractivity contribution in [2.24, 2.45) is 0 Å². The molecule has 1 saturated heterocycles. The largest absolute Gasteiger partial charge is 0.376 e. The Morgan fingerprint density at radius 1 is 1.11 bits per heavy atom. The van der Waals surface area contributed by atoms with Crippen molar-refractivity contribution in [2.45, 2.75) is 55.5 Å². The van der Waals surface area contributed by atoms with Crippen molar-refractivity contribution in [3.8, 4) is 0 Å². The predicted molar refractivity (Wildman–Crippen MR) is 113 cm³/mol. The van der Waals surface area contributed by atoms with Crippen LogP contribution < -0.4 is 5.69 Å². The van der Waals surface area contributed by atoms with Crippen molar-refractivity contribution in [1.82, 2.24) is 9.55 Å². The predicted octanol–water partition coefficient (Wildman–Crippen LogP) is 4.36. The molecule has 3 aromatic rings. The Balaban J connectivity index is 1.43. The lowest BCUT2D eigenvalue weighted by Crippen LogP contribution is -2.31. The lowest BCUT2D eigenvalue weighted by atomic mass is 10.1. The lowest BCUT2D eigenvalue weighted by Gasteiger charge is -2.17. The molecule has 2 aromatic carbocycles. The van der Waals surface area contributed by atoms with Gasteiger partial charge in [-0.15, -0.1) is 11.8 Å². The minimum atomic E-state index is -0.114. The standard InChI is InChI=1S/C23H24N2O2S/c26-23-24-22(28-15-17-8-3-7-16-6-1-2-10-19(16)17)20-11-4-12-21(20)25(23)14-18-9-5-13-27-18/h1-3,6-8,10,18H,4-5,9,11-15H2. The smallest absolute Gasteiger partial charge is 0.348 e. The third kappa shape index (κ3) is 3.38. The van der Waals surface area contributed by atoms with Crippen molar-refractivity contribution in [3.63, 3.8) is 0 Å². The van der Waals surface area contributed by atoms with Crippen molar-refractivity contribution < 1.29 is 4.74 Å². The second-order valence-corrected chi connectivity index (χ2v) is 8.61. The van der Waals surface area contributed by atoms with E-state index in [2.05, 4.69) is 47.4 Å². The van der Waals surface area contributed by atoms with E-state index >= 15 is 0 Å². The Labute approximate surface area is 168 Å². The van der Waals surface area contributed by atoms with Crippen LogP contribution in [0.25, 0.3) is 10.8 Å². The highest BCUT2D eigenvalue weighted by Gasteiger charge is 2.25. The number of rotatable bonds is 5. The van der Waals surface area contributed by atoms with Crippen LogP contribution in [0.3, 0.4) is 0 Å². The molecule has 1 aromatic heterocycles. The van der Waals surface area contributed by atoms with Gasteiger partial charge in [-0.2, -0.15) is 4.98 Å². The van der Waals surface area contributed by atoms with E-state index in [4.69, 9.17) is 4.74 Å². The lowest BCUT2D eigenvalue weighted by molar-refractivity contribution is 0.0950. The molecule has 0 saturated carbocycles. The van der Waals surface area contributed by atoms with Crippen LogP contribution in [-0.4, -0.2) is 22.3 Å². The monoisotopic (exact) mass is 392 g/mol. The fourth-order valence-electron chi connectivity index (χ4n) is 4.45. The molecule has 0 bridgehead atoms. The molecule has 1 aliphatic carbocycles. The molecule has 0 radical (unpaired) electrons. The Bertz CT molecular complexity index is 1060. The van der Waals surface area contributed by atoms with Crippen LogP contribution in [0.15, 0.2) is 52.3 Å². The molecule has 0 spiro atoms. The summed E-state index contributed by atoms with van der Waals surface area (Å²) in [5.74, 6) is 0.829. The van der Waals surface area contributed by atoms with Crippen molar-refractivity contribution in [2.75, 3.05) is 6.61 Å². The van der Waals surface area contributed by atoms with Gasteiger partial charge in [0, 0.05) is 23.6 Å². The molecule has 2 heterocycles. The number of hydrogen-bond donors (Lipinski definition) is 0. The van der Waals surface area contributed by atoms with E-state index in [0.29, 0.717) is 6.54 Å². The summed E-state index contributed by atoms with van der Waals surface area (Å²) in [6.07, 6.45) is 5.40. The summed E-state index contributed by atoms with van der Waals surface area (Å²) in [6, 6.07) is 14.9. The van der Waals surface area contributed by atoms with Gasteiger partial charge >= 0.3 is 5.69 Å². The number of thioether (sulfide) groups is 1. The van der Waals surface area contributed by atoms with Crippen LogP contribution in [0.4, 0.5) is 0 Å². The zero-order valence-electron chi connectivity index (χ0n) is 15.9. The van der Waals surface area contributed by atoms with E-state index in [1.165, 1.54) is 27.6 Å². The summed E-state index contributed by atoms with van der Waals surface area (Å²) in [6.45, 7) is 1.47. The van der Waals surface area contributed by atoms with Gasteiger partial charge in [0.15, 0.2) is 0 Å². The van der Waals surface area contributed by atoms with Gasteiger partial charge in [0.05, 0.1) is 12.6 Å². The normalized spacial score (nSPS) is 18.6. The average molecular weight is 393 g/mol. The van der Waals surface area contributed by atoms with Gasteiger partial charge in [0.25, 0.3) is 0 Å². The molecule has 0 amide bonds. The summed E-state index contributed by atoms with van der Waals surface area (Å²) in [5.41, 5.74) is 3.65. The third-order valence-electron chi connectivity index (χ3n) is 5.86. The van der Waals surface area contributed by atoms with Gasteiger partial charge < -0.3 is 4.74 Å². The van der Waals surface area contributed by atoms with Crippen LogP contribution in [-0.2, 0) is 29.9 Å². The maximum atomic E-state index is 12.8. The SMILES string of the molecule is O=c1nc(SCc2cccc3ccccc23)c2c(n1CC1CCCO1)CCC2. The molecule has 144 valence electrons. The summed E-state index contributed by atoms with van der Waals surface area (Å²) < 4.78 is 7.64. The summed E-state index contributed by atoms with van der Waals surface area (Å²) in [7, 11) is 0. The minimum absolute atomic E-state index is 0.114. The van der Waals surface area contributed by atoms with Crippen molar-refractivity contribution in [3.05, 3.63) is 69.8 Å². The van der Waals surface area contributed by atoms with Gasteiger partial charge in [0.2, 0.25) is 0 Å². The van der Waals surface area contributed by atoms with Crippen LogP contribution >= 0.6 is 11.8 Å². The highest BCUT2D eigenvalue weighted by molar-refractivity contribution is 7.98. The zero-order chi connectivity index (χ0) is 18.9. The molecule has 28 heavy (non-hydrogen) atoms. The summed E-state index contributed by atoms with van der Waals surface area (Å²) in [4.78, 5) is 17.3. The first-order chi connectivity index (χ1) is 13.8. The van der Waals surface area contributed by atoms with E-state index in [1.54, 1.807) is 11.8 Å². The number of benzene rings is 2. The minimum Gasteiger partial charge on any atom is -0.376 e. The van der Waals surface area contributed by atoms with Gasteiger partial charge in [-0.25, -0.2) is 4.79 Å². The second kappa shape index (κ2) is 7.72. The highest BCUT2D eigenvalue weighted by atomic mass is 32.2. The fourth-order valence-corrected chi connectivity index (χ4v) is 5.53. The topological polar surface area (TPSA) is 44.1 Å². The zero-order valence-corrected chi connectivity index (χ0v) is 16.7. The maximum absolute atomic E-state index is 12.8. The van der Waals surface area contributed by atoms with Crippen LogP contribution in [0, 0.1) is 0 Å². The highest BCUT2D eigenvalue weighted by Crippen LogP contribution is 2.33. The molecule has 2 aliphatic rings. The number of aromatic nitrogens is 2. The Morgan fingerprint density at radius 2 is 2.00 bits per heavy atom. The number of fused-ring (bicyclic) bond motifs is 2.